The van der Waals surface area contributed by atoms with Crippen molar-refractivity contribution in [3.8, 4) is 0 Å². The smallest absolute Gasteiger partial charge is 0.238 e. The number of carbonyl (C=O) groups excluding carboxylic acids is 3. The molecular weight excluding hydrogens is 316 g/mol. The summed E-state index contributed by atoms with van der Waals surface area (Å²) >= 11 is 0. The Balaban J connectivity index is 1.67. The third-order valence-corrected chi connectivity index (χ3v) is 6.13. The number of likely N-dealkylation sites (tertiary alicyclic amines) is 1. The molecule has 132 valence electrons. The van der Waals surface area contributed by atoms with Gasteiger partial charge in [0.25, 0.3) is 0 Å². The number of imide groups is 1. The van der Waals surface area contributed by atoms with Crippen LogP contribution in [-0.4, -0.2) is 35.7 Å². The molecule has 0 N–H and O–H groups in total. The second-order valence-electron chi connectivity index (χ2n) is 7.59. The minimum atomic E-state index is -0.496. The highest BCUT2D eigenvalue weighted by Gasteiger charge is 2.57. The summed E-state index contributed by atoms with van der Waals surface area (Å²) in [6.45, 7) is 3.60. The lowest BCUT2D eigenvalue weighted by Gasteiger charge is -2.35. The van der Waals surface area contributed by atoms with Crippen molar-refractivity contribution in [1.82, 2.24) is 4.90 Å². The van der Waals surface area contributed by atoms with Gasteiger partial charge in [-0.3, -0.25) is 19.3 Å². The second kappa shape index (κ2) is 6.28. The third kappa shape index (κ3) is 2.57. The maximum atomic E-state index is 13.2. The average Bonchev–Trinajstić information content (AvgIpc) is 3.24. The lowest BCUT2D eigenvalue weighted by Crippen LogP contribution is -2.45. The number of fused-ring (bicyclic) bond motifs is 1. The van der Waals surface area contributed by atoms with E-state index in [4.69, 9.17) is 0 Å². The standard InChI is InChI=1S/C20H24N2O3/c1-13-9-10-15(18(23)21-11-5-6-12-21)17-16(13)19(24)22(20(17)25)14-7-3-2-4-8-14/h2-4,7-8,13,15-17H,5-6,9-12H2,1H3/t13-,15+,16+,17-/m1/s1. The number of hydrogen-bond acceptors (Lipinski definition) is 3. The zero-order chi connectivity index (χ0) is 17.6. The van der Waals surface area contributed by atoms with Crippen LogP contribution < -0.4 is 4.90 Å². The van der Waals surface area contributed by atoms with Crippen LogP contribution in [-0.2, 0) is 14.4 Å². The van der Waals surface area contributed by atoms with Crippen molar-refractivity contribution >= 4 is 23.4 Å². The number of carbonyl (C=O) groups is 3. The molecular formula is C20H24N2O3. The summed E-state index contributed by atoms with van der Waals surface area (Å²) in [5.74, 6) is -1.31. The van der Waals surface area contributed by atoms with Crippen molar-refractivity contribution < 1.29 is 14.4 Å². The lowest BCUT2D eigenvalue weighted by atomic mass is 9.68. The molecule has 1 aromatic carbocycles. The van der Waals surface area contributed by atoms with Crippen LogP contribution in [0.15, 0.2) is 30.3 Å². The molecule has 3 fully saturated rings. The van der Waals surface area contributed by atoms with E-state index in [1.165, 1.54) is 4.90 Å². The summed E-state index contributed by atoms with van der Waals surface area (Å²) in [4.78, 5) is 42.4. The van der Waals surface area contributed by atoms with Crippen molar-refractivity contribution in [3.05, 3.63) is 30.3 Å². The minimum absolute atomic E-state index is 0.0791. The van der Waals surface area contributed by atoms with Gasteiger partial charge < -0.3 is 4.90 Å². The normalized spacial score (nSPS) is 32.2. The number of nitrogens with zero attached hydrogens (tertiary/aromatic N) is 2. The Morgan fingerprint density at radius 1 is 0.960 bits per heavy atom. The van der Waals surface area contributed by atoms with Crippen LogP contribution in [0.25, 0.3) is 0 Å². The van der Waals surface area contributed by atoms with E-state index in [1.54, 1.807) is 12.1 Å². The molecule has 4 atom stereocenters. The number of benzene rings is 1. The van der Waals surface area contributed by atoms with E-state index >= 15 is 0 Å². The predicted octanol–water partition coefficient (Wildman–Crippen LogP) is 2.46. The van der Waals surface area contributed by atoms with Crippen LogP contribution in [0, 0.1) is 23.7 Å². The molecule has 0 radical (unpaired) electrons. The largest absolute Gasteiger partial charge is 0.342 e. The fraction of sp³-hybridized carbons (Fsp3) is 0.550. The molecule has 2 aliphatic heterocycles. The Kier molecular flexibility index (Phi) is 4.10. The lowest BCUT2D eigenvalue weighted by molar-refractivity contribution is -0.143. The monoisotopic (exact) mass is 340 g/mol. The van der Waals surface area contributed by atoms with Gasteiger partial charge in [-0.1, -0.05) is 25.1 Å². The van der Waals surface area contributed by atoms with Crippen LogP contribution >= 0.6 is 0 Å². The minimum Gasteiger partial charge on any atom is -0.342 e. The molecule has 0 unspecified atom stereocenters. The summed E-state index contributed by atoms with van der Waals surface area (Å²) in [6.07, 6.45) is 3.60. The van der Waals surface area contributed by atoms with Gasteiger partial charge in [-0.15, -0.1) is 0 Å². The molecule has 2 saturated heterocycles. The van der Waals surface area contributed by atoms with Crippen molar-refractivity contribution in [2.24, 2.45) is 23.7 Å². The maximum Gasteiger partial charge on any atom is 0.238 e. The van der Waals surface area contributed by atoms with Gasteiger partial charge in [0, 0.05) is 13.1 Å². The van der Waals surface area contributed by atoms with Crippen molar-refractivity contribution in [3.63, 3.8) is 0 Å². The van der Waals surface area contributed by atoms with Crippen LogP contribution in [0.1, 0.15) is 32.6 Å². The Morgan fingerprint density at radius 2 is 1.60 bits per heavy atom. The molecule has 4 rings (SSSR count). The Bertz CT molecular complexity index is 696. The van der Waals surface area contributed by atoms with Gasteiger partial charge >= 0.3 is 0 Å². The van der Waals surface area contributed by atoms with E-state index in [-0.39, 0.29) is 35.5 Å². The second-order valence-corrected chi connectivity index (χ2v) is 7.59. The Morgan fingerprint density at radius 3 is 2.28 bits per heavy atom. The molecule has 25 heavy (non-hydrogen) atoms. The van der Waals surface area contributed by atoms with Crippen molar-refractivity contribution in [2.75, 3.05) is 18.0 Å². The SMILES string of the molecule is C[C@@H]1CC[C@H](C(=O)N2CCCC2)[C@H]2C(=O)N(c3ccccc3)C(=O)[C@H]21. The summed E-state index contributed by atoms with van der Waals surface area (Å²) in [6, 6.07) is 9.09. The molecule has 1 aliphatic carbocycles. The first kappa shape index (κ1) is 16.3. The van der Waals surface area contributed by atoms with E-state index < -0.39 is 5.92 Å². The first-order valence-corrected chi connectivity index (χ1v) is 9.31. The Hall–Kier alpha value is -2.17. The summed E-state index contributed by atoms with van der Waals surface area (Å²) in [5.41, 5.74) is 0.617. The van der Waals surface area contributed by atoms with Gasteiger partial charge in [-0.05, 0) is 43.7 Å². The molecule has 0 spiro atoms. The maximum absolute atomic E-state index is 13.2. The highest BCUT2D eigenvalue weighted by molar-refractivity contribution is 6.23. The van der Waals surface area contributed by atoms with E-state index in [2.05, 4.69) is 0 Å². The molecule has 2 heterocycles. The van der Waals surface area contributed by atoms with E-state index in [0.29, 0.717) is 12.1 Å². The zero-order valence-corrected chi connectivity index (χ0v) is 14.6. The van der Waals surface area contributed by atoms with Crippen molar-refractivity contribution in [1.29, 1.82) is 0 Å². The topological polar surface area (TPSA) is 57.7 Å². The van der Waals surface area contributed by atoms with Crippen LogP contribution in [0.5, 0.6) is 0 Å². The van der Waals surface area contributed by atoms with Gasteiger partial charge in [0.05, 0.1) is 23.4 Å². The molecule has 0 bridgehead atoms. The number of para-hydroxylation sites is 1. The fourth-order valence-electron chi connectivity index (χ4n) is 4.82. The molecule has 3 aliphatic rings. The highest BCUT2D eigenvalue weighted by atomic mass is 16.2. The van der Waals surface area contributed by atoms with Crippen LogP contribution in [0.2, 0.25) is 0 Å². The van der Waals surface area contributed by atoms with Gasteiger partial charge in [-0.2, -0.15) is 0 Å². The van der Waals surface area contributed by atoms with Gasteiger partial charge in [0.1, 0.15) is 0 Å². The molecule has 1 saturated carbocycles. The van der Waals surface area contributed by atoms with Crippen LogP contribution in [0.3, 0.4) is 0 Å². The number of amides is 3. The molecule has 3 amide bonds. The molecule has 0 aromatic heterocycles. The first-order chi connectivity index (χ1) is 12.1. The van der Waals surface area contributed by atoms with Gasteiger partial charge in [-0.25, -0.2) is 0 Å². The summed E-state index contributed by atoms with van der Waals surface area (Å²) < 4.78 is 0. The number of rotatable bonds is 2. The summed E-state index contributed by atoms with van der Waals surface area (Å²) in [7, 11) is 0. The average molecular weight is 340 g/mol. The van der Waals surface area contributed by atoms with E-state index in [0.717, 1.165) is 32.4 Å². The first-order valence-electron chi connectivity index (χ1n) is 9.31. The molecule has 5 heteroatoms. The third-order valence-electron chi connectivity index (χ3n) is 6.13. The highest BCUT2D eigenvalue weighted by Crippen LogP contribution is 2.46. The van der Waals surface area contributed by atoms with Gasteiger partial charge in [0.15, 0.2) is 0 Å². The quantitative estimate of drug-likeness (QED) is 0.777. The van der Waals surface area contributed by atoms with E-state index in [1.807, 2.05) is 30.0 Å². The Labute approximate surface area is 148 Å². The number of anilines is 1. The van der Waals surface area contributed by atoms with Crippen molar-refractivity contribution in [2.45, 2.75) is 32.6 Å². The predicted molar refractivity (Wildman–Crippen MR) is 93.6 cm³/mol. The van der Waals surface area contributed by atoms with E-state index in [9.17, 15) is 14.4 Å². The van der Waals surface area contributed by atoms with Gasteiger partial charge in [0.2, 0.25) is 17.7 Å². The fourth-order valence-corrected chi connectivity index (χ4v) is 4.82. The zero-order valence-electron chi connectivity index (χ0n) is 14.6. The molecule has 1 aromatic rings. The number of hydrogen-bond donors (Lipinski definition) is 0. The molecule has 5 nitrogen and oxygen atoms in total. The summed E-state index contributed by atoms with van der Waals surface area (Å²) in [5, 5.41) is 0. The van der Waals surface area contributed by atoms with Crippen LogP contribution in [0.4, 0.5) is 5.69 Å².